The van der Waals surface area contributed by atoms with E-state index in [0.717, 1.165) is 36.5 Å². The lowest BCUT2D eigenvalue weighted by Crippen LogP contribution is -3.18. The lowest BCUT2D eigenvalue weighted by atomic mass is 9.97. The number of nitrogens with one attached hydrogen (secondary N) is 3. The van der Waals surface area contributed by atoms with Crippen LogP contribution in [0.4, 0.5) is 4.79 Å². The van der Waals surface area contributed by atoms with Gasteiger partial charge in [0, 0.05) is 7.05 Å². The van der Waals surface area contributed by atoms with Gasteiger partial charge in [0.15, 0.2) is 6.04 Å². The number of aromatic nitrogens is 1. The van der Waals surface area contributed by atoms with Crippen molar-refractivity contribution in [3.8, 4) is 0 Å². The number of carbonyl (C=O) groups excluding carboxylic acids is 2. The Balaban J connectivity index is 1.69. The lowest BCUT2D eigenvalue weighted by molar-refractivity contribution is -0.920. The van der Waals surface area contributed by atoms with Crippen LogP contribution in [-0.2, 0) is 4.79 Å². The number of piperidine rings is 1. The maximum absolute atomic E-state index is 12.2. The zero-order chi connectivity index (χ0) is 17.1. The summed E-state index contributed by atoms with van der Waals surface area (Å²) >= 11 is 1.75. The Hall–Kier alpha value is -1.99. The van der Waals surface area contributed by atoms with Crippen LogP contribution in [0.15, 0.2) is 24.3 Å². The number of imide groups is 1. The van der Waals surface area contributed by atoms with Crippen molar-refractivity contribution < 1.29 is 14.5 Å². The van der Waals surface area contributed by atoms with Gasteiger partial charge in [-0.1, -0.05) is 12.1 Å². The number of para-hydroxylation sites is 1. The van der Waals surface area contributed by atoms with Crippen LogP contribution in [0.3, 0.4) is 0 Å². The molecule has 24 heavy (non-hydrogen) atoms. The van der Waals surface area contributed by atoms with Gasteiger partial charge >= 0.3 is 6.03 Å². The topological polar surface area (TPSA) is 75.5 Å². The van der Waals surface area contributed by atoms with Crippen molar-refractivity contribution in [2.24, 2.45) is 0 Å². The highest BCUT2D eigenvalue weighted by Crippen LogP contribution is 2.30. The van der Waals surface area contributed by atoms with Gasteiger partial charge in [-0.25, -0.2) is 9.78 Å². The van der Waals surface area contributed by atoms with Crippen molar-refractivity contribution >= 4 is 33.5 Å². The summed E-state index contributed by atoms with van der Waals surface area (Å²) in [5, 5.41) is 5.95. The molecule has 2 heterocycles. The van der Waals surface area contributed by atoms with Crippen molar-refractivity contribution in [2.45, 2.75) is 31.7 Å². The molecule has 128 valence electrons. The molecule has 1 aromatic heterocycles. The molecule has 3 N–H and O–H groups in total. The predicted molar refractivity (Wildman–Crippen MR) is 94.4 cm³/mol. The molecule has 6 nitrogen and oxygen atoms in total. The third kappa shape index (κ3) is 3.57. The van der Waals surface area contributed by atoms with E-state index in [2.05, 4.69) is 16.7 Å². The minimum Gasteiger partial charge on any atom is -0.341 e. The number of fused-ring (bicyclic) bond motifs is 1. The first-order valence-electron chi connectivity index (χ1n) is 8.31. The lowest BCUT2D eigenvalue weighted by Gasteiger charge is -2.32. The molecular weight excluding hydrogens is 324 g/mol. The number of hydrogen-bond donors (Lipinski definition) is 3. The number of carbonyl (C=O) groups is 2. The molecule has 0 aliphatic carbocycles. The second-order valence-corrected chi connectivity index (χ2v) is 7.32. The number of quaternary nitrogens is 1. The average molecular weight is 347 g/mol. The predicted octanol–water partition coefficient (Wildman–Crippen LogP) is 0.903. The zero-order valence-electron chi connectivity index (χ0n) is 14.0. The minimum atomic E-state index is -0.453. The minimum absolute atomic E-state index is 0.228. The van der Waals surface area contributed by atoms with Gasteiger partial charge in [-0.15, -0.1) is 11.3 Å². The van der Waals surface area contributed by atoms with Gasteiger partial charge in [0.2, 0.25) is 0 Å². The molecule has 3 rings (SSSR count). The van der Waals surface area contributed by atoms with Crippen LogP contribution in [-0.4, -0.2) is 43.1 Å². The van der Waals surface area contributed by atoms with E-state index < -0.39 is 6.03 Å². The number of amides is 3. The van der Waals surface area contributed by atoms with Crippen molar-refractivity contribution in [3.05, 3.63) is 29.3 Å². The van der Waals surface area contributed by atoms with Gasteiger partial charge < -0.3 is 10.2 Å². The molecule has 1 aromatic carbocycles. The van der Waals surface area contributed by atoms with E-state index in [1.165, 1.54) is 16.6 Å². The van der Waals surface area contributed by atoms with E-state index >= 15 is 0 Å². The molecule has 0 saturated carbocycles. The maximum Gasteiger partial charge on any atom is 0.321 e. The zero-order valence-corrected chi connectivity index (χ0v) is 14.8. The van der Waals surface area contributed by atoms with Crippen molar-refractivity contribution in [3.63, 3.8) is 0 Å². The number of benzene rings is 1. The first-order valence-corrected chi connectivity index (χ1v) is 9.12. The SMILES string of the molecule is CNC(=O)NC(=O)[C@@H](C)[NH+]1CCC[C@H](c2nc3ccccc3s2)C1. The summed E-state index contributed by atoms with van der Waals surface area (Å²) in [4.78, 5) is 29.5. The van der Waals surface area contributed by atoms with E-state index in [4.69, 9.17) is 4.98 Å². The standard InChI is InChI=1S/C17H22N4O2S/c1-11(15(22)20-17(23)18-2)21-9-5-6-12(10-21)16-19-13-7-3-4-8-14(13)24-16/h3-4,7-8,11-12H,5-6,9-10H2,1-2H3,(H2,18,20,22,23)/p+1/t11-,12+/m1/s1. The van der Waals surface area contributed by atoms with Crippen LogP contribution in [0.2, 0.25) is 0 Å². The number of hydrogen-bond acceptors (Lipinski definition) is 4. The molecule has 2 aromatic rings. The van der Waals surface area contributed by atoms with Crippen molar-refractivity contribution in [2.75, 3.05) is 20.1 Å². The molecule has 3 atom stereocenters. The largest absolute Gasteiger partial charge is 0.341 e. The molecule has 3 amide bonds. The monoisotopic (exact) mass is 347 g/mol. The Morgan fingerprint density at radius 3 is 2.92 bits per heavy atom. The molecule has 0 radical (unpaired) electrons. The highest BCUT2D eigenvalue weighted by atomic mass is 32.1. The summed E-state index contributed by atoms with van der Waals surface area (Å²) in [6.07, 6.45) is 2.17. The molecule has 1 aliphatic rings. The second kappa shape index (κ2) is 7.27. The summed E-state index contributed by atoms with van der Waals surface area (Å²) in [5.41, 5.74) is 1.05. The number of nitrogens with zero attached hydrogens (tertiary/aromatic N) is 1. The first kappa shape index (κ1) is 16.9. The van der Waals surface area contributed by atoms with Gasteiger partial charge in [0.05, 0.1) is 29.2 Å². The van der Waals surface area contributed by atoms with Crippen LogP contribution < -0.4 is 15.5 Å². The summed E-state index contributed by atoms with van der Waals surface area (Å²) in [6, 6.07) is 7.49. The van der Waals surface area contributed by atoms with Crippen LogP contribution in [0.25, 0.3) is 10.2 Å². The third-order valence-corrected chi connectivity index (χ3v) is 5.89. The van der Waals surface area contributed by atoms with Gasteiger partial charge in [-0.3, -0.25) is 10.1 Å². The quantitative estimate of drug-likeness (QED) is 0.772. The summed E-state index contributed by atoms with van der Waals surface area (Å²) in [5.74, 6) is 0.149. The maximum atomic E-state index is 12.2. The third-order valence-electron chi connectivity index (χ3n) is 4.69. The van der Waals surface area contributed by atoms with E-state index in [0.29, 0.717) is 5.92 Å². The van der Waals surface area contributed by atoms with Gasteiger partial charge in [0.1, 0.15) is 5.01 Å². The smallest absolute Gasteiger partial charge is 0.321 e. The van der Waals surface area contributed by atoms with E-state index in [-0.39, 0.29) is 11.9 Å². The summed E-state index contributed by atoms with van der Waals surface area (Å²) < 4.78 is 1.21. The highest BCUT2D eigenvalue weighted by Gasteiger charge is 2.33. The normalized spacial score (nSPS) is 22.1. The molecule has 1 saturated heterocycles. The summed E-state index contributed by atoms with van der Waals surface area (Å²) in [7, 11) is 1.50. The number of likely N-dealkylation sites (tertiary alicyclic amines) is 1. The van der Waals surface area contributed by atoms with Crippen molar-refractivity contribution in [1.29, 1.82) is 0 Å². The molecule has 0 spiro atoms. The van der Waals surface area contributed by atoms with Crippen LogP contribution in [0.1, 0.15) is 30.7 Å². The molecule has 1 unspecified atom stereocenters. The molecular formula is C17H23N4O2S+. The van der Waals surface area contributed by atoms with Crippen LogP contribution >= 0.6 is 11.3 Å². The Bertz CT molecular complexity index is 712. The highest BCUT2D eigenvalue weighted by molar-refractivity contribution is 7.18. The number of thiazole rings is 1. The molecule has 0 bridgehead atoms. The van der Waals surface area contributed by atoms with Gasteiger partial charge in [-0.2, -0.15) is 0 Å². The van der Waals surface area contributed by atoms with Gasteiger partial charge in [-0.05, 0) is 31.9 Å². The van der Waals surface area contributed by atoms with Crippen LogP contribution in [0.5, 0.6) is 0 Å². The van der Waals surface area contributed by atoms with Crippen LogP contribution in [0, 0.1) is 0 Å². The Morgan fingerprint density at radius 2 is 2.17 bits per heavy atom. The first-order chi connectivity index (χ1) is 11.6. The second-order valence-electron chi connectivity index (χ2n) is 6.26. The molecule has 7 heteroatoms. The fourth-order valence-corrected chi connectivity index (χ4v) is 4.33. The Kier molecular flexibility index (Phi) is 5.11. The van der Waals surface area contributed by atoms with E-state index in [9.17, 15) is 9.59 Å². The van der Waals surface area contributed by atoms with E-state index in [1.807, 2.05) is 25.1 Å². The molecule has 1 fully saturated rings. The fourth-order valence-electron chi connectivity index (χ4n) is 3.23. The van der Waals surface area contributed by atoms with Gasteiger partial charge in [0.25, 0.3) is 5.91 Å². The Morgan fingerprint density at radius 1 is 1.38 bits per heavy atom. The molecule has 1 aliphatic heterocycles. The summed E-state index contributed by atoms with van der Waals surface area (Å²) in [6.45, 7) is 3.71. The average Bonchev–Trinajstić information content (AvgIpc) is 3.05. The number of rotatable bonds is 3. The number of urea groups is 1. The van der Waals surface area contributed by atoms with Crippen molar-refractivity contribution in [1.82, 2.24) is 15.6 Å². The Labute approximate surface area is 145 Å². The fraction of sp³-hybridized carbons (Fsp3) is 0.471. The van der Waals surface area contributed by atoms with E-state index in [1.54, 1.807) is 11.3 Å².